The summed E-state index contributed by atoms with van der Waals surface area (Å²) >= 11 is 0. The second-order valence-electron chi connectivity index (χ2n) is 6.89. The maximum atomic E-state index is 12.1. The standard InChI is InChI=1S/C21H22N2O4/c1-21(2,13-23-20(25)27-15-7-5-4-6-8-15)17-12-22-18-10-9-14(11-16(17)18)19(24)26-3/h4-12,22H,13H2,1-3H3,(H,23,25). The SMILES string of the molecule is COC(=O)c1ccc2[nH]cc(C(C)(C)CNC(=O)Oc3ccccc3)c2c1. The number of hydrogen-bond donors (Lipinski definition) is 2. The van der Waals surface area contributed by atoms with Gasteiger partial charge >= 0.3 is 12.1 Å². The number of para-hydroxylation sites is 1. The summed E-state index contributed by atoms with van der Waals surface area (Å²) in [6.45, 7) is 4.40. The fourth-order valence-corrected chi connectivity index (χ4v) is 2.95. The molecular formula is C21H22N2O4. The minimum atomic E-state index is -0.510. The molecule has 3 aromatic rings. The minimum absolute atomic E-state index is 0.369. The predicted molar refractivity (Wildman–Crippen MR) is 103 cm³/mol. The van der Waals surface area contributed by atoms with Gasteiger partial charge in [0.1, 0.15) is 5.75 Å². The Kier molecular flexibility index (Phi) is 5.16. The first-order valence-electron chi connectivity index (χ1n) is 8.61. The largest absolute Gasteiger partial charge is 0.465 e. The van der Waals surface area contributed by atoms with Gasteiger partial charge in [-0.2, -0.15) is 0 Å². The van der Waals surface area contributed by atoms with Crippen molar-refractivity contribution in [2.75, 3.05) is 13.7 Å². The Morgan fingerprint density at radius 2 is 1.85 bits per heavy atom. The zero-order valence-electron chi connectivity index (χ0n) is 15.5. The molecule has 6 heteroatoms. The maximum Gasteiger partial charge on any atom is 0.412 e. The molecule has 1 aromatic heterocycles. The van der Waals surface area contributed by atoms with Gasteiger partial charge in [0.2, 0.25) is 0 Å². The second kappa shape index (κ2) is 7.53. The van der Waals surface area contributed by atoms with Crippen LogP contribution in [0, 0.1) is 0 Å². The van der Waals surface area contributed by atoms with E-state index in [1.165, 1.54) is 7.11 Å². The molecule has 0 saturated carbocycles. The quantitative estimate of drug-likeness (QED) is 0.668. The molecule has 0 fully saturated rings. The van der Waals surface area contributed by atoms with E-state index in [-0.39, 0.29) is 11.4 Å². The number of hydrogen-bond acceptors (Lipinski definition) is 4. The molecule has 1 heterocycles. The van der Waals surface area contributed by atoms with Crippen molar-refractivity contribution in [1.82, 2.24) is 10.3 Å². The fourth-order valence-electron chi connectivity index (χ4n) is 2.95. The molecule has 140 valence electrons. The summed E-state index contributed by atoms with van der Waals surface area (Å²) in [5.41, 5.74) is 2.00. The van der Waals surface area contributed by atoms with E-state index in [0.717, 1.165) is 16.5 Å². The van der Waals surface area contributed by atoms with Gasteiger partial charge in [0.25, 0.3) is 0 Å². The maximum absolute atomic E-state index is 12.1. The Bertz CT molecular complexity index is 961. The molecule has 27 heavy (non-hydrogen) atoms. The van der Waals surface area contributed by atoms with E-state index in [1.807, 2.05) is 32.2 Å². The molecule has 0 atom stereocenters. The zero-order valence-corrected chi connectivity index (χ0v) is 15.5. The van der Waals surface area contributed by atoms with Crippen molar-refractivity contribution in [2.45, 2.75) is 19.3 Å². The number of carbonyl (C=O) groups excluding carboxylic acids is 2. The van der Waals surface area contributed by atoms with Gasteiger partial charge in [-0.05, 0) is 35.9 Å². The second-order valence-corrected chi connectivity index (χ2v) is 6.89. The van der Waals surface area contributed by atoms with Crippen molar-refractivity contribution in [3.05, 3.63) is 65.9 Å². The van der Waals surface area contributed by atoms with E-state index in [2.05, 4.69) is 10.3 Å². The summed E-state index contributed by atoms with van der Waals surface area (Å²) in [6.07, 6.45) is 1.39. The number of methoxy groups -OCH3 is 1. The molecule has 0 spiro atoms. The molecule has 6 nitrogen and oxygen atoms in total. The highest BCUT2D eigenvalue weighted by molar-refractivity contribution is 5.96. The average molecular weight is 366 g/mol. The van der Waals surface area contributed by atoms with Crippen molar-refractivity contribution in [3.8, 4) is 5.75 Å². The van der Waals surface area contributed by atoms with Crippen LogP contribution in [0.4, 0.5) is 4.79 Å². The fraction of sp³-hybridized carbons (Fsp3) is 0.238. The van der Waals surface area contributed by atoms with Crippen molar-refractivity contribution in [2.24, 2.45) is 0 Å². The van der Waals surface area contributed by atoms with Crippen LogP contribution in [0.2, 0.25) is 0 Å². The summed E-state index contributed by atoms with van der Waals surface area (Å²) < 4.78 is 10.1. The van der Waals surface area contributed by atoms with Gasteiger partial charge in [0, 0.05) is 29.1 Å². The lowest BCUT2D eigenvalue weighted by Gasteiger charge is -2.24. The zero-order chi connectivity index (χ0) is 19.4. The van der Waals surface area contributed by atoms with Crippen molar-refractivity contribution in [1.29, 1.82) is 0 Å². The number of benzene rings is 2. The van der Waals surface area contributed by atoms with E-state index < -0.39 is 6.09 Å². The molecule has 0 unspecified atom stereocenters. The van der Waals surface area contributed by atoms with Crippen LogP contribution in [0.3, 0.4) is 0 Å². The molecule has 3 rings (SSSR count). The number of nitrogens with one attached hydrogen (secondary N) is 2. The van der Waals surface area contributed by atoms with E-state index >= 15 is 0 Å². The number of rotatable bonds is 5. The van der Waals surface area contributed by atoms with Crippen LogP contribution in [0.5, 0.6) is 5.75 Å². The number of ether oxygens (including phenoxy) is 2. The highest BCUT2D eigenvalue weighted by Gasteiger charge is 2.25. The molecule has 0 radical (unpaired) electrons. The molecular weight excluding hydrogens is 344 g/mol. The Morgan fingerprint density at radius 3 is 2.56 bits per heavy atom. The number of H-pyrrole nitrogens is 1. The third-order valence-electron chi connectivity index (χ3n) is 4.46. The topological polar surface area (TPSA) is 80.4 Å². The van der Waals surface area contributed by atoms with Gasteiger partial charge < -0.3 is 19.8 Å². The van der Waals surface area contributed by atoms with Gasteiger partial charge in [0.05, 0.1) is 12.7 Å². The average Bonchev–Trinajstić information content (AvgIpc) is 3.11. The third kappa shape index (κ3) is 4.11. The van der Waals surface area contributed by atoms with Gasteiger partial charge in [-0.25, -0.2) is 9.59 Å². The molecule has 2 N–H and O–H groups in total. The van der Waals surface area contributed by atoms with Crippen LogP contribution in [0.1, 0.15) is 29.8 Å². The van der Waals surface area contributed by atoms with Crippen LogP contribution in [0.15, 0.2) is 54.7 Å². The highest BCUT2D eigenvalue weighted by Crippen LogP contribution is 2.31. The lowest BCUT2D eigenvalue weighted by Crippen LogP contribution is -2.38. The van der Waals surface area contributed by atoms with Crippen LogP contribution in [0.25, 0.3) is 10.9 Å². The number of aromatic nitrogens is 1. The van der Waals surface area contributed by atoms with Gasteiger partial charge in [-0.3, -0.25) is 0 Å². The summed E-state index contributed by atoms with van der Waals surface area (Å²) in [6, 6.07) is 14.3. The number of esters is 1. The van der Waals surface area contributed by atoms with Crippen LogP contribution in [-0.4, -0.2) is 30.7 Å². The van der Waals surface area contributed by atoms with Crippen molar-refractivity contribution in [3.63, 3.8) is 0 Å². The first-order chi connectivity index (χ1) is 12.9. The van der Waals surface area contributed by atoms with E-state index in [9.17, 15) is 9.59 Å². The first kappa shape index (κ1) is 18.5. The van der Waals surface area contributed by atoms with Gasteiger partial charge in [-0.15, -0.1) is 0 Å². The Hall–Kier alpha value is -3.28. The number of aromatic amines is 1. The minimum Gasteiger partial charge on any atom is -0.465 e. The highest BCUT2D eigenvalue weighted by atomic mass is 16.6. The predicted octanol–water partition coefficient (Wildman–Crippen LogP) is 4.02. The van der Waals surface area contributed by atoms with Gasteiger partial charge in [-0.1, -0.05) is 32.0 Å². The smallest absolute Gasteiger partial charge is 0.412 e. The van der Waals surface area contributed by atoms with E-state index in [1.54, 1.807) is 36.4 Å². The summed E-state index contributed by atoms with van der Waals surface area (Å²) in [5.74, 6) is 0.106. The molecule has 1 amide bonds. The molecule has 0 saturated heterocycles. The molecule has 2 aromatic carbocycles. The monoisotopic (exact) mass is 366 g/mol. The number of carbonyl (C=O) groups is 2. The lowest BCUT2D eigenvalue weighted by atomic mass is 9.84. The summed E-state index contributed by atoms with van der Waals surface area (Å²) in [5, 5.41) is 3.72. The Balaban J connectivity index is 1.76. The summed E-state index contributed by atoms with van der Waals surface area (Å²) in [4.78, 5) is 27.1. The normalized spacial score (nSPS) is 11.2. The third-order valence-corrected chi connectivity index (χ3v) is 4.46. The molecule has 0 bridgehead atoms. The molecule has 0 aliphatic heterocycles. The first-order valence-corrected chi connectivity index (χ1v) is 8.61. The lowest BCUT2D eigenvalue weighted by molar-refractivity contribution is 0.0601. The van der Waals surface area contributed by atoms with Crippen molar-refractivity contribution >= 4 is 23.0 Å². The van der Waals surface area contributed by atoms with E-state index in [0.29, 0.717) is 17.9 Å². The van der Waals surface area contributed by atoms with Gasteiger partial charge in [0.15, 0.2) is 0 Å². The van der Waals surface area contributed by atoms with E-state index in [4.69, 9.17) is 9.47 Å². The number of fused-ring (bicyclic) bond motifs is 1. The summed E-state index contributed by atoms with van der Waals surface area (Å²) in [7, 11) is 1.36. The number of amides is 1. The van der Waals surface area contributed by atoms with Crippen LogP contribution < -0.4 is 10.1 Å². The van der Waals surface area contributed by atoms with Crippen molar-refractivity contribution < 1.29 is 19.1 Å². The van der Waals surface area contributed by atoms with Crippen LogP contribution in [-0.2, 0) is 10.2 Å². The Labute approximate surface area is 157 Å². The Morgan fingerprint density at radius 1 is 1.11 bits per heavy atom. The van der Waals surface area contributed by atoms with Crippen LogP contribution >= 0.6 is 0 Å². The molecule has 0 aliphatic carbocycles. The molecule has 0 aliphatic rings.